The molecule has 176 valence electrons. The predicted octanol–water partition coefficient (Wildman–Crippen LogP) is 3.51. The first kappa shape index (κ1) is 22.9. The van der Waals surface area contributed by atoms with Crippen molar-refractivity contribution in [3.8, 4) is 0 Å². The van der Waals surface area contributed by atoms with Crippen molar-refractivity contribution in [2.45, 2.75) is 28.9 Å². The first-order valence-corrected chi connectivity index (χ1v) is 12.5. The zero-order valence-electron chi connectivity index (χ0n) is 16.9. The van der Waals surface area contributed by atoms with E-state index in [9.17, 15) is 32.3 Å². The van der Waals surface area contributed by atoms with Gasteiger partial charge in [0, 0.05) is 21.4 Å². The third-order valence-corrected chi connectivity index (χ3v) is 9.08. The van der Waals surface area contributed by atoms with Crippen molar-refractivity contribution >= 4 is 57.8 Å². The third kappa shape index (κ3) is 3.97. The smallest absolute Gasteiger partial charge is 0.325 e. The lowest BCUT2D eigenvalue weighted by atomic mass is 9.87. The fourth-order valence-corrected chi connectivity index (χ4v) is 7.76. The lowest BCUT2D eigenvalue weighted by Gasteiger charge is -2.29. The number of nitrogens with one attached hydrogen (secondary N) is 2. The van der Waals surface area contributed by atoms with E-state index < -0.39 is 58.0 Å². The van der Waals surface area contributed by atoms with Crippen molar-refractivity contribution in [2.75, 3.05) is 5.32 Å². The zero-order chi connectivity index (χ0) is 24.2. The number of fused-ring (bicyclic) bond motifs is 2. The van der Waals surface area contributed by atoms with E-state index in [1.807, 2.05) is 17.5 Å². The molecule has 3 amide bonds. The van der Waals surface area contributed by atoms with Crippen molar-refractivity contribution in [1.29, 1.82) is 0 Å². The van der Waals surface area contributed by atoms with Crippen molar-refractivity contribution in [3.63, 3.8) is 0 Å². The first-order chi connectivity index (χ1) is 16.1. The van der Waals surface area contributed by atoms with E-state index in [1.165, 1.54) is 28.0 Å². The van der Waals surface area contributed by atoms with Gasteiger partial charge in [-0.2, -0.15) is 13.2 Å². The molecule has 2 aromatic heterocycles. The van der Waals surface area contributed by atoms with Gasteiger partial charge in [0.15, 0.2) is 0 Å². The molecule has 7 nitrogen and oxygen atoms in total. The van der Waals surface area contributed by atoms with Crippen LogP contribution in [0.4, 0.5) is 18.9 Å². The Balaban J connectivity index is 1.47. The molecule has 0 aliphatic carbocycles. The average Bonchev–Trinajstić information content (AvgIpc) is 3.47. The summed E-state index contributed by atoms with van der Waals surface area (Å²) in [4.78, 5) is 51.4. The summed E-state index contributed by atoms with van der Waals surface area (Å²) >= 11 is 3.36. The Morgan fingerprint density at radius 1 is 1.12 bits per heavy atom. The van der Waals surface area contributed by atoms with Crippen LogP contribution in [0.2, 0.25) is 0 Å². The molecule has 0 spiro atoms. The van der Waals surface area contributed by atoms with Gasteiger partial charge in [-0.1, -0.05) is 35.2 Å². The molecule has 4 heterocycles. The highest BCUT2D eigenvalue weighted by molar-refractivity contribution is 8.00. The van der Waals surface area contributed by atoms with Crippen LogP contribution >= 0.6 is 34.4 Å². The van der Waals surface area contributed by atoms with Crippen molar-refractivity contribution in [3.05, 3.63) is 66.8 Å². The van der Waals surface area contributed by atoms with Crippen LogP contribution in [-0.4, -0.2) is 27.5 Å². The second-order valence-electron chi connectivity index (χ2n) is 7.66. The summed E-state index contributed by atoms with van der Waals surface area (Å²) in [5.41, 5.74) is -0.963. The average molecular weight is 526 g/mol. The molecule has 34 heavy (non-hydrogen) atoms. The maximum Gasteiger partial charge on any atom is 0.416 e. The number of hydrogen-bond donors (Lipinski definition) is 2. The molecule has 1 aromatic carbocycles. The lowest BCUT2D eigenvalue weighted by Crippen LogP contribution is -2.32. The number of thiophene rings is 1. The van der Waals surface area contributed by atoms with E-state index in [0.29, 0.717) is 9.90 Å². The van der Waals surface area contributed by atoms with E-state index in [4.69, 9.17) is 0 Å². The Labute approximate surface area is 202 Å². The highest BCUT2D eigenvalue weighted by Gasteiger charge is 2.53. The highest BCUT2D eigenvalue weighted by atomic mass is 32.2. The summed E-state index contributed by atoms with van der Waals surface area (Å²) in [6, 6.07) is 7.84. The molecule has 2 aliphatic rings. The number of alkyl halides is 3. The van der Waals surface area contributed by atoms with Gasteiger partial charge in [0.25, 0.3) is 0 Å². The number of thiazole rings is 1. The number of rotatable bonds is 4. The molecule has 2 unspecified atom stereocenters. The second-order valence-corrected chi connectivity index (χ2v) is 10.8. The van der Waals surface area contributed by atoms with Crippen LogP contribution in [0.3, 0.4) is 0 Å². The molecular formula is C21H14F3N3O4S3. The molecule has 3 atom stereocenters. The lowest BCUT2D eigenvalue weighted by molar-refractivity contribution is -0.137. The normalized spacial score (nSPS) is 21.7. The Morgan fingerprint density at radius 3 is 2.62 bits per heavy atom. The number of carbonyl (C=O) groups excluding carboxylic acids is 3. The molecular weight excluding hydrogens is 511 g/mol. The minimum atomic E-state index is -4.56. The van der Waals surface area contributed by atoms with Crippen molar-refractivity contribution in [2.24, 2.45) is 5.92 Å². The summed E-state index contributed by atoms with van der Waals surface area (Å²) in [7, 11) is 0. The van der Waals surface area contributed by atoms with Crippen LogP contribution in [0, 0.1) is 5.92 Å². The molecule has 0 radical (unpaired) electrons. The standard InChI is InChI=1S/C21H14F3N3O4S3/c22-21(23,24)9-3-1-4-10(7-9)25-12(28)8-27-19-16(34-20(27)31)13(11-5-2-6-32-11)14-15(33-19)18(30)26-17(14)29/h1-7,13-15H,8H2,(H,25,28)(H,26,29,30)/t13-,14?,15?/m0/s1. The van der Waals surface area contributed by atoms with Gasteiger partial charge in [0.1, 0.15) is 11.8 Å². The molecule has 2 N–H and O–H groups in total. The molecule has 1 fully saturated rings. The van der Waals surface area contributed by atoms with Gasteiger partial charge in [-0.05, 0) is 29.6 Å². The molecule has 3 aromatic rings. The van der Waals surface area contributed by atoms with Gasteiger partial charge in [0.2, 0.25) is 17.7 Å². The summed E-state index contributed by atoms with van der Waals surface area (Å²) in [6.45, 7) is -0.446. The number of anilines is 1. The number of halogens is 3. The van der Waals surface area contributed by atoms with Gasteiger partial charge in [-0.15, -0.1) is 11.3 Å². The molecule has 5 rings (SSSR count). The first-order valence-electron chi connectivity index (χ1n) is 9.89. The Morgan fingerprint density at radius 2 is 1.91 bits per heavy atom. The number of imide groups is 1. The van der Waals surface area contributed by atoms with Gasteiger partial charge in [0.05, 0.1) is 16.5 Å². The van der Waals surface area contributed by atoms with Crippen LogP contribution in [0.5, 0.6) is 0 Å². The van der Waals surface area contributed by atoms with Crippen LogP contribution in [-0.2, 0) is 27.1 Å². The number of thioether (sulfide) groups is 1. The fourth-order valence-electron chi connectivity index (χ4n) is 4.07. The summed E-state index contributed by atoms with van der Waals surface area (Å²) < 4.78 is 40.1. The number of carbonyl (C=O) groups is 3. The summed E-state index contributed by atoms with van der Waals surface area (Å²) in [5, 5.41) is 6.25. The number of nitrogens with zero attached hydrogens (tertiary/aromatic N) is 1. The van der Waals surface area contributed by atoms with E-state index in [0.717, 1.165) is 40.1 Å². The molecule has 1 saturated heterocycles. The third-order valence-electron chi connectivity index (χ3n) is 5.51. The minimum absolute atomic E-state index is 0.0538. The van der Waals surface area contributed by atoms with Gasteiger partial charge >= 0.3 is 11.0 Å². The van der Waals surface area contributed by atoms with Gasteiger partial charge in [-0.3, -0.25) is 29.1 Å². The van der Waals surface area contributed by atoms with E-state index >= 15 is 0 Å². The fraction of sp³-hybridized carbons (Fsp3) is 0.238. The maximum absolute atomic E-state index is 13.0. The number of benzene rings is 1. The van der Waals surface area contributed by atoms with E-state index in [2.05, 4.69) is 10.6 Å². The SMILES string of the molecule is O=C(Cn1c2c(sc1=O)[C@@H](c1cccs1)C1C(=O)NC(=O)C1S2)Nc1cccc(C(F)(F)F)c1. The minimum Gasteiger partial charge on any atom is -0.325 e. The highest BCUT2D eigenvalue weighted by Crippen LogP contribution is 2.52. The summed E-state index contributed by atoms with van der Waals surface area (Å²) in [6.07, 6.45) is -4.56. The predicted molar refractivity (Wildman–Crippen MR) is 121 cm³/mol. The Kier molecular flexibility index (Phi) is 5.65. The number of aromatic nitrogens is 1. The van der Waals surface area contributed by atoms with Crippen molar-refractivity contribution < 1.29 is 27.6 Å². The van der Waals surface area contributed by atoms with Crippen LogP contribution in [0.25, 0.3) is 0 Å². The Bertz CT molecular complexity index is 1360. The van der Waals surface area contributed by atoms with Crippen LogP contribution < -0.4 is 15.5 Å². The van der Waals surface area contributed by atoms with E-state index in [1.54, 1.807) is 0 Å². The summed E-state index contributed by atoms with van der Waals surface area (Å²) in [5.74, 6) is -2.72. The number of amides is 3. The van der Waals surface area contributed by atoms with Crippen molar-refractivity contribution in [1.82, 2.24) is 9.88 Å². The van der Waals surface area contributed by atoms with Crippen LogP contribution in [0.15, 0.2) is 51.6 Å². The maximum atomic E-state index is 13.0. The van der Waals surface area contributed by atoms with Crippen LogP contribution in [0.1, 0.15) is 21.2 Å². The largest absolute Gasteiger partial charge is 0.416 e. The van der Waals surface area contributed by atoms with E-state index in [-0.39, 0.29) is 5.69 Å². The Hall–Kier alpha value is -2.90. The quantitative estimate of drug-likeness (QED) is 0.509. The zero-order valence-corrected chi connectivity index (χ0v) is 19.4. The number of hydrogen-bond acceptors (Lipinski definition) is 7. The molecule has 2 aliphatic heterocycles. The van der Waals surface area contributed by atoms with Gasteiger partial charge < -0.3 is 5.32 Å². The molecule has 0 bridgehead atoms. The second kappa shape index (κ2) is 8.40. The topological polar surface area (TPSA) is 97.3 Å². The van der Waals surface area contributed by atoms with Gasteiger partial charge in [-0.25, -0.2) is 0 Å². The molecule has 0 saturated carbocycles. The molecule has 13 heteroatoms. The monoisotopic (exact) mass is 525 g/mol.